The molecule has 1 aromatic carbocycles. The smallest absolute Gasteiger partial charge is 0.253 e. The van der Waals surface area contributed by atoms with Gasteiger partial charge in [0.05, 0.1) is 0 Å². The number of thioether (sulfide) groups is 1. The molecule has 2 aromatic rings. The maximum atomic E-state index is 12.6. The van der Waals surface area contributed by atoms with Crippen LogP contribution in [0.3, 0.4) is 0 Å². The molecule has 0 saturated carbocycles. The fraction of sp³-hybridized carbons (Fsp3) is 0.438. The Morgan fingerprint density at radius 1 is 1.39 bits per heavy atom. The molecule has 0 aliphatic carbocycles. The number of hydrogen-bond acceptors (Lipinski definition) is 5. The van der Waals surface area contributed by atoms with Crippen molar-refractivity contribution in [2.24, 2.45) is 0 Å². The van der Waals surface area contributed by atoms with Gasteiger partial charge >= 0.3 is 0 Å². The summed E-state index contributed by atoms with van der Waals surface area (Å²) in [6.07, 6.45) is 3.42. The zero-order chi connectivity index (χ0) is 16.7. The first-order valence-electron chi connectivity index (χ1n) is 7.66. The van der Waals surface area contributed by atoms with Crippen LogP contribution in [-0.2, 0) is 0 Å². The second-order valence-electron chi connectivity index (χ2n) is 5.07. The summed E-state index contributed by atoms with van der Waals surface area (Å²) in [4.78, 5) is 18.8. The summed E-state index contributed by atoms with van der Waals surface area (Å²) in [6.45, 7) is 3.42. The Labute approximate surface area is 140 Å². The Kier molecular flexibility index (Phi) is 6.61. The van der Waals surface area contributed by atoms with E-state index in [0.717, 1.165) is 12.0 Å². The highest BCUT2D eigenvalue weighted by Crippen LogP contribution is 2.19. The first-order chi connectivity index (χ1) is 11.2. The maximum Gasteiger partial charge on any atom is 0.253 e. The second-order valence-corrected chi connectivity index (χ2v) is 5.84. The van der Waals surface area contributed by atoms with Crippen LogP contribution in [0.4, 0.5) is 0 Å². The predicted molar refractivity (Wildman–Crippen MR) is 91.5 cm³/mol. The Balaban J connectivity index is 2.15. The lowest BCUT2D eigenvalue weighted by Gasteiger charge is -2.21. The molecule has 0 atom stereocenters. The quantitative estimate of drug-likeness (QED) is 0.572. The molecular formula is C16H22N4O2S. The minimum Gasteiger partial charge on any atom is -0.396 e. The van der Waals surface area contributed by atoms with Crippen molar-refractivity contribution in [3.63, 3.8) is 0 Å². The number of aliphatic hydroxyl groups is 1. The first kappa shape index (κ1) is 17.5. The lowest BCUT2D eigenvalue weighted by Crippen LogP contribution is -2.31. The molecule has 0 spiro atoms. The van der Waals surface area contributed by atoms with E-state index >= 15 is 0 Å². The van der Waals surface area contributed by atoms with Crippen LogP contribution in [0.15, 0.2) is 29.4 Å². The summed E-state index contributed by atoms with van der Waals surface area (Å²) in [7, 11) is 0. The van der Waals surface area contributed by atoms with E-state index < -0.39 is 0 Å². The number of benzene rings is 1. The third-order valence-corrected chi connectivity index (χ3v) is 4.08. The van der Waals surface area contributed by atoms with E-state index in [-0.39, 0.29) is 12.5 Å². The largest absolute Gasteiger partial charge is 0.396 e. The molecule has 23 heavy (non-hydrogen) atoms. The Hall–Kier alpha value is -1.86. The summed E-state index contributed by atoms with van der Waals surface area (Å²) in [5, 5.41) is 16.5. The number of nitrogens with zero attached hydrogens (tertiary/aromatic N) is 3. The van der Waals surface area contributed by atoms with Crippen LogP contribution in [0.2, 0.25) is 0 Å². The lowest BCUT2D eigenvalue weighted by atomic mass is 10.1. The van der Waals surface area contributed by atoms with Gasteiger partial charge in [0, 0.05) is 30.8 Å². The molecular weight excluding hydrogens is 312 g/mol. The SMILES string of the molecule is CCN(CCCCO)C(=O)c1cccc(-c2nc(SC)n[nH]2)c1. The van der Waals surface area contributed by atoms with Gasteiger partial charge in [-0.15, -0.1) is 5.10 Å². The van der Waals surface area contributed by atoms with Gasteiger partial charge in [-0.05, 0) is 38.2 Å². The van der Waals surface area contributed by atoms with E-state index in [2.05, 4.69) is 15.2 Å². The predicted octanol–water partition coefficient (Wildman–Crippen LogP) is 2.43. The average Bonchev–Trinajstić information content (AvgIpc) is 3.07. The fourth-order valence-electron chi connectivity index (χ4n) is 2.27. The monoisotopic (exact) mass is 334 g/mol. The number of carbonyl (C=O) groups excluding carboxylic acids is 1. The van der Waals surface area contributed by atoms with Crippen LogP contribution in [0.1, 0.15) is 30.1 Å². The normalized spacial score (nSPS) is 10.7. The number of unbranched alkanes of at least 4 members (excludes halogenated alkanes) is 1. The van der Waals surface area contributed by atoms with E-state index in [1.165, 1.54) is 11.8 Å². The number of H-pyrrole nitrogens is 1. The Morgan fingerprint density at radius 3 is 2.87 bits per heavy atom. The van der Waals surface area contributed by atoms with E-state index in [4.69, 9.17) is 5.11 Å². The molecule has 1 heterocycles. The molecule has 0 saturated heterocycles. The number of aromatic amines is 1. The lowest BCUT2D eigenvalue weighted by molar-refractivity contribution is 0.0759. The number of aromatic nitrogens is 3. The number of aliphatic hydroxyl groups excluding tert-OH is 1. The third-order valence-electron chi connectivity index (χ3n) is 3.54. The molecule has 0 radical (unpaired) electrons. The van der Waals surface area contributed by atoms with Gasteiger partial charge in [0.1, 0.15) is 0 Å². The maximum absolute atomic E-state index is 12.6. The molecule has 1 aromatic heterocycles. The van der Waals surface area contributed by atoms with Crippen LogP contribution in [0.5, 0.6) is 0 Å². The van der Waals surface area contributed by atoms with Gasteiger partial charge in [0.25, 0.3) is 5.91 Å². The summed E-state index contributed by atoms with van der Waals surface area (Å²) in [5.41, 5.74) is 1.48. The van der Waals surface area contributed by atoms with Crippen LogP contribution >= 0.6 is 11.8 Å². The molecule has 2 rings (SSSR count). The van der Waals surface area contributed by atoms with E-state index in [1.54, 1.807) is 4.90 Å². The van der Waals surface area contributed by atoms with Crippen molar-refractivity contribution in [1.29, 1.82) is 0 Å². The van der Waals surface area contributed by atoms with Crippen LogP contribution in [-0.4, -0.2) is 57.0 Å². The molecule has 124 valence electrons. The Morgan fingerprint density at radius 2 is 2.22 bits per heavy atom. The van der Waals surface area contributed by atoms with Crippen molar-refractivity contribution in [3.05, 3.63) is 29.8 Å². The molecule has 0 fully saturated rings. The number of nitrogens with one attached hydrogen (secondary N) is 1. The third kappa shape index (κ3) is 4.56. The van der Waals surface area contributed by atoms with Gasteiger partial charge < -0.3 is 10.0 Å². The van der Waals surface area contributed by atoms with Crippen molar-refractivity contribution in [1.82, 2.24) is 20.1 Å². The molecule has 1 amide bonds. The molecule has 0 bridgehead atoms. The van der Waals surface area contributed by atoms with Crippen LogP contribution in [0, 0.1) is 0 Å². The van der Waals surface area contributed by atoms with Crippen molar-refractivity contribution < 1.29 is 9.90 Å². The summed E-state index contributed by atoms with van der Waals surface area (Å²) >= 11 is 1.47. The first-order valence-corrected chi connectivity index (χ1v) is 8.89. The van der Waals surface area contributed by atoms with Gasteiger partial charge in [-0.1, -0.05) is 23.9 Å². The molecule has 0 aliphatic heterocycles. The standard InChI is InChI=1S/C16H22N4O2S/c1-3-20(9-4-5-10-21)15(22)13-8-6-7-12(11-13)14-17-16(23-2)19-18-14/h6-8,11,21H,3-5,9-10H2,1-2H3,(H,17,18,19). The summed E-state index contributed by atoms with van der Waals surface area (Å²) in [6, 6.07) is 7.41. The van der Waals surface area contributed by atoms with Crippen molar-refractivity contribution in [3.8, 4) is 11.4 Å². The Bertz CT molecular complexity index is 645. The van der Waals surface area contributed by atoms with Crippen molar-refractivity contribution in [2.45, 2.75) is 24.9 Å². The van der Waals surface area contributed by atoms with Gasteiger partial charge in [-0.3, -0.25) is 9.89 Å². The van der Waals surface area contributed by atoms with Gasteiger partial charge in [-0.2, -0.15) is 0 Å². The van der Waals surface area contributed by atoms with Gasteiger partial charge in [0.2, 0.25) is 5.16 Å². The highest BCUT2D eigenvalue weighted by molar-refractivity contribution is 7.98. The number of carbonyl (C=O) groups is 1. The molecule has 0 aliphatic rings. The highest BCUT2D eigenvalue weighted by atomic mass is 32.2. The molecule has 6 nitrogen and oxygen atoms in total. The summed E-state index contributed by atoms with van der Waals surface area (Å²) in [5.74, 6) is 0.657. The molecule has 7 heteroatoms. The number of rotatable bonds is 8. The average molecular weight is 334 g/mol. The zero-order valence-corrected chi connectivity index (χ0v) is 14.3. The van der Waals surface area contributed by atoms with Crippen LogP contribution < -0.4 is 0 Å². The summed E-state index contributed by atoms with van der Waals surface area (Å²) < 4.78 is 0. The second kappa shape index (κ2) is 8.69. The van der Waals surface area contributed by atoms with E-state index in [1.807, 2.05) is 37.4 Å². The molecule has 0 unspecified atom stereocenters. The van der Waals surface area contributed by atoms with E-state index in [9.17, 15) is 4.79 Å². The minimum absolute atomic E-state index is 0.00287. The van der Waals surface area contributed by atoms with Crippen molar-refractivity contribution in [2.75, 3.05) is 26.0 Å². The molecule has 2 N–H and O–H groups in total. The van der Waals surface area contributed by atoms with Crippen molar-refractivity contribution >= 4 is 17.7 Å². The van der Waals surface area contributed by atoms with Gasteiger partial charge in [0.15, 0.2) is 5.82 Å². The van der Waals surface area contributed by atoms with E-state index in [0.29, 0.717) is 36.1 Å². The number of amides is 1. The zero-order valence-electron chi connectivity index (χ0n) is 13.5. The fourth-order valence-corrected chi connectivity index (χ4v) is 2.59. The van der Waals surface area contributed by atoms with Gasteiger partial charge in [-0.25, -0.2) is 4.98 Å². The highest BCUT2D eigenvalue weighted by Gasteiger charge is 2.15. The topological polar surface area (TPSA) is 82.1 Å². The van der Waals surface area contributed by atoms with Crippen LogP contribution in [0.25, 0.3) is 11.4 Å². The minimum atomic E-state index is -0.00287. The number of hydrogen-bond donors (Lipinski definition) is 2.